The van der Waals surface area contributed by atoms with Crippen molar-refractivity contribution in [3.05, 3.63) is 46.5 Å². The Morgan fingerprint density at radius 2 is 1.80 bits per heavy atom. The highest BCUT2D eigenvalue weighted by Crippen LogP contribution is 2.19. The minimum Gasteiger partial charge on any atom is -0.312 e. The van der Waals surface area contributed by atoms with Crippen LogP contribution < -0.4 is 5.69 Å². The first-order valence-electron chi connectivity index (χ1n) is 5.05. The van der Waals surface area contributed by atoms with E-state index in [9.17, 15) is 4.79 Å². The molecule has 3 nitrogen and oxygen atoms in total. The zero-order chi connectivity index (χ0) is 10.8. The van der Waals surface area contributed by atoms with Crippen molar-refractivity contribution in [1.82, 2.24) is 9.97 Å². The standard InChI is InChI=1S/C12H14N2O/c1-8(2)9-3-5-10(6-4-9)11-7-13-12(15)14-11/h3-8H,1-2H3,(H2,13,14,15). The lowest BCUT2D eigenvalue weighted by atomic mass is 10.0. The van der Waals surface area contributed by atoms with E-state index in [0.29, 0.717) is 5.92 Å². The SMILES string of the molecule is CC(C)c1ccc(-c2c[nH]c(=O)[nH]2)cc1. The molecular formula is C12H14N2O. The Balaban J connectivity index is 2.35. The molecule has 0 aliphatic rings. The first-order valence-corrected chi connectivity index (χ1v) is 5.05. The second-order valence-corrected chi connectivity index (χ2v) is 3.93. The van der Waals surface area contributed by atoms with Gasteiger partial charge in [-0.2, -0.15) is 0 Å². The summed E-state index contributed by atoms with van der Waals surface area (Å²) in [5.74, 6) is 0.532. The summed E-state index contributed by atoms with van der Waals surface area (Å²) < 4.78 is 0. The molecule has 2 rings (SSSR count). The van der Waals surface area contributed by atoms with Gasteiger partial charge >= 0.3 is 5.69 Å². The first kappa shape index (κ1) is 9.77. The van der Waals surface area contributed by atoms with E-state index < -0.39 is 0 Å². The summed E-state index contributed by atoms with van der Waals surface area (Å²) in [7, 11) is 0. The van der Waals surface area contributed by atoms with Crippen LogP contribution in [-0.2, 0) is 0 Å². The molecule has 0 saturated heterocycles. The zero-order valence-corrected chi connectivity index (χ0v) is 8.87. The van der Waals surface area contributed by atoms with Gasteiger partial charge in [-0.15, -0.1) is 0 Å². The van der Waals surface area contributed by atoms with Crippen LogP contribution in [0.1, 0.15) is 25.3 Å². The van der Waals surface area contributed by atoms with E-state index in [4.69, 9.17) is 0 Å². The first-order chi connectivity index (χ1) is 7.16. The number of aromatic amines is 2. The van der Waals surface area contributed by atoms with Crippen molar-refractivity contribution in [2.24, 2.45) is 0 Å². The Morgan fingerprint density at radius 1 is 1.13 bits per heavy atom. The highest BCUT2D eigenvalue weighted by Gasteiger charge is 2.02. The summed E-state index contributed by atoms with van der Waals surface area (Å²) in [6.07, 6.45) is 1.69. The van der Waals surface area contributed by atoms with Gasteiger partial charge in [0.1, 0.15) is 0 Å². The Labute approximate surface area is 88.2 Å². The number of aromatic nitrogens is 2. The molecule has 0 aliphatic heterocycles. The third-order valence-corrected chi connectivity index (χ3v) is 2.48. The highest BCUT2D eigenvalue weighted by molar-refractivity contribution is 5.58. The summed E-state index contributed by atoms with van der Waals surface area (Å²) >= 11 is 0. The van der Waals surface area contributed by atoms with Crippen molar-refractivity contribution in [2.75, 3.05) is 0 Å². The summed E-state index contributed by atoms with van der Waals surface area (Å²) in [4.78, 5) is 16.3. The van der Waals surface area contributed by atoms with Crippen molar-refractivity contribution >= 4 is 0 Å². The van der Waals surface area contributed by atoms with Gasteiger partial charge in [0.25, 0.3) is 0 Å². The van der Waals surface area contributed by atoms with Crippen LogP contribution in [0.2, 0.25) is 0 Å². The lowest BCUT2D eigenvalue weighted by Crippen LogP contribution is -1.99. The molecule has 0 radical (unpaired) electrons. The van der Waals surface area contributed by atoms with Crippen LogP contribution in [0.25, 0.3) is 11.3 Å². The van der Waals surface area contributed by atoms with Crippen molar-refractivity contribution in [3.8, 4) is 11.3 Å². The van der Waals surface area contributed by atoms with E-state index >= 15 is 0 Å². The van der Waals surface area contributed by atoms with E-state index in [1.54, 1.807) is 6.20 Å². The average Bonchev–Trinajstić information content (AvgIpc) is 2.65. The lowest BCUT2D eigenvalue weighted by molar-refractivity contribution is 0.867. The molecule has 2 aromatic rings. The smallest absolute Gasteiger partial charge is 0.312 e. The molecule has 0 aliphatic carbocycles. The average molecular weight is 202 g/mol. The maximum Gasteiger partial charge on any atom is 0.323 e. The number of hydrogen-bond donors (Lipinski definition) is 2. The molecule has 0 bridgehead atoms. The fourth-order valence-corrected chi connectivity index (χ4v) is 1.54. The fourth-order valence-electron chi connectivity index (χ4n) is 1.54. The van der Waals surface area contributed by atoms with Crippen molar-refractivity contribution < 1.29 is 0 Å². The molecule has 0 amide bonds. The molecule has 0 unspecified atom stereocenters. The summed E-state index contributed by atoms with van der Waals surface area (Å²) in [6.45, 7) is 4.32. The number of H-pyrrole nitrogens is 2. The van der Waals surface area contributed by atoms with Crippen LogP contribution in [0.15, 0.2) is 35.3 Å². The van der Waals surface area contributed by atoms with E-state index in [2.05, 4.69) is 35.9 Å². The zero-order valence-electron chi connectivity index (χ0n) is 8.87. The van der Waals surface area contributed by atoms with Gasteiger partial charge in [0.15, 0.2) is 0 Å². The predicted molar refractivity (Wildman–Crippen MR) is 60.9 cm³/mol. The van der Waals surface area contributed by atoms with Gasteiger partial charge in [-0.25, -0.2) is 4.79 Å². The molecule has 0 fully saturated rings. The third kappa shape index (κ3) is 2.01. The second kappa shape index (κ2) is 3.77. The predicted octanol–water partition coefficient (Wildman–Crippen LogP) is 2.49. The maximum atomic E-state index is 10.9. The highest BCUT2D eigenvalue weighted by atomic mass is 16.1. The van der Waals surface area contributed by atoms with Crippen molar-refractivity contribution in [2.45, 2.75) is 19.8 Å². The molecule has 1 aromatic carbocycles. The maximum absolute atomic E-state index is 10.9. The third-order valence-electron chi connectivity index (χ3n) is 2.48. The van der Waals surface area contributed by atoms with Gasteiger partial charge in [0.2, 0.25) is 0 Å². The Bertz CT molecular complexity index is 491. The monoisotopic (exact) mass is 202 g/mol. The second-order valence-electron chi connectivity index (χ2n) is 3.93. The fraction of sp³-hybridized carbons (Fsp3) is 0.250. The molecule has 0 atom stereocenters. The van der Waals surface area contributed by atoms with Crippen LogP contribution in [0, 0.1) is 0 Å². The van der Waals surface area contributed by atoms with Crippen LogP contribution in [0.3, 0.4) is 0 Å². The molecule has 0 spiro atoms. The van der Waals surface area contributed by atoms with Gasteiger partial charge in [0, 0.05) is 6.20 Å². The normalized spacial score (nSPS) is 10.9. The molecule has 1 heterocycles. The molecule has 2 N–H and O–H groups in total. The minimum absolute atomic E-state index is 0.169. The number of hydrogen-bond acceptors (Lipinski definition) is 1. The molecular weight excluding hydrogens is 188 g/mol. The number of rotatable bonds is 2. The molecule has 15 heavy (non-hydrogen) atoms. The van der Waals surface area contributed by atoms with Crippen LogP contribution in [0.4, 0.5) is 0 Å². The molecule has 0 saturated carbocycles. The summed E-state index contributed by atoms with van der Waals surface area (Å²) in [5.41, 5.74) is 2.99. The van der Waals surface area contributed by atoms with Gasteiger partial charge in [0.05, 0.1) is 5.69 Å². The molecule has 3 heteroatoms. The van der Waals surface area contributed by atoms with Gasteiger partial charge in [-0.3, -0.25) is 0 Å². The van der Waals surface area contributed by atoms with Gasteiger partial charge in [-0.1, -0.05) is 38.1 Å². The number of imidazole rings is 1. The van der Waals surface area contributed by atoms with Gasteiger partial charge < -0.3 is 9.97 Å². The quantitative estimate of drug-likeness (QED) is 0.772. The van der Waals surface area contributed by atoms with Crippen LogP contribution >= 0.6 is 0 Å². The topological polar surface area (TPSA) is 48.6 Å². The number of nitrogens with one attached hydrogen (secondary N) is 2. The van der Waals surface area contributed by atoms with Gasteiger partial charge in [-0.05, 0) is 17.0 Å². The van der Waals surface area contributed by atoms with E-state index in [-0.39, 0.29) is 5.69 Å². The molecule has 78 valence electrons. The molecule has 1 aromatic heterocycles. The Hall–Kier alpha value is -1.77. The van der Waals surface area contributed by atoms with Crippen molar-refractivity contribution in [1.29, 1.82) is 0 Å². The van der Waals surface area contributed by atoms with E-state index in [0.717, 1.165) is 11.3 Å². The van der Waals surface area contributed by atoms with Crippen molar-refractivity contribution in [3.63, 3.8) is 0 Å². The van der Waals surface area contributed by atoms with Crippen LogP contribution in [0.5, 0.6) is 0 Å². The lowest BCUT2D eigenvalue weighted by Gasteiger charge is -2.05. The number of benzene rings is 1. The largest absolute Gasteiger partial charge is 0.323 e. The Morgan fingerprint density at radius 3 is 2.27 bits per heavy atom. The minimum atomic E-state index is -0.169. The van der Waals surface area contributed by atoms with E-state index in [1.807, 2.05) is 12.1 Å². The summed E-state index contributed by atoms with van der Waals surface area (Å²) in [5, 5.41) is 0. The Kier molecular flexibility index (Phi) is 2.46. The van der Waals surface area contributed by atoms with Crippen LogP contribution in [-0.4, -0.2) is 9.97 Å². The van der Waals surface area contributed by atoms with E-state index in [1.165, 1.54) is 5.56 Å². The summed E-state index contributed by atoms with van der Waals surface area (Å²) in [6, 6.07) is 8.22.